The zero-order chi connectivity index (χ0) is 26.5. The van der Waals surface area contributed by atoms with Crippen LogP contribution in [-0.4, -0.2) is 48.6 Å². The van der Waals surface area contributed by atoms with Crippen LogP contribution in [-0.2, 0) is 16.0 Å². The lowest BCUT2D eigenvalue weighted by Gasteiger charge is -2.14. The van der Waals surface area contributed by atoms with Crippen LogP contribution in [0.15, 0.2) is 78.9 Å². The first kappa shape index (κ1) is 29.7. The minimum absolute atomic E-state index is 0. The second kappa shape index (κ2) is 15.6. The summed E-state index contributed by atoms with van der Waals surface area (Å²) in [6.07, 6.45) is 0.857. The Morgan fingerprint density at radius 1 is 0.868 bits per heavy atom. The highest BCUT2D eigenvalue weighted by atomic mass is 16.5. The van der Waals surface area contributed by atoms with Crippen LogP contribution in [0.25, 0.3) is 0 Å². The molecule has 0 radical (unpaired) electrons. The van der Waals surface area contributed by atoms with Gasteiger partial charge in [-0.3, -0.25) is 19.6 Å². The molecule has 0 aliphatic carbocycles. The van der Waals surface area contributed by atoms with Crippen LogP contribution < -0.4 is 27.2 Å². The van der Waals surface area contributed by atoms with E-state index in [1.807, 2.05) is 30.3 Å². The Hall–Kier alpha value is -4.49. The fraction of sp³-hybridized carbons (Fsp3) is 0.207. The number of carbonyl (C=O) groups excluding carboxylic acids is 3. The third kappa shape index (κ3) is 9.52. The summed E-state index contributed by atoms with van der Waals surface area (Å²) in [6, 6.07) is 22.8. The Bertz CT molecular complexity index is 1250. The van der Waals surface area contributed by atoms with Gasteiger partial charge in [0.1, 0.15) is 6.04 Å². The minimum Gasteiger partial charge on any atom is -0.339 e. The second-order valence-corrected chi connectivity index (χ2v) is 8.10. The summed E-state index contributed by atoms with van der Waals surface area (Å²) in [6.45, 7) is 0.784. The number of nitrogens with one attached hydrogen (secondary N) is 4. The quantitative estimate of drug-likeness (QED) is 0.106. The molecule has 0 aromatic heterocycles. The average Bonchev–Trinajstić information content (AvgIpc) is 2.94. The maximum absolute atomic E-state index is 12.3. The Morgan fingerprint density at radius 2 is 1.47 bits per heavy atom. The molecule has 9 heteroatoms. The highest BCUT2D eigenvalue weighted by Gasteiger charge is 2.19. The Kier molecular flexibility index (Phi) is 12.2. The van der Waals surface area contributed by atoms with Gasteiger partial charge in [-0.2, -0.15) is 0 Å². The molecule has 0 unspecified atom stereocenters. The number of amides is 3. The number of nitrogens with two attached hydrogens (primary N) is 1. The summed E-state index contributed by atoms with van der Waals surface area (Å²) in [7, 11) is 0. The SMILES string of the molecule is C.NC[C@H](NC(=O)c1ccc(C#Cc2ccc(NC(=O)CNCCc3ccccc3)cc2)cc1)C(=O)NO. The largest absolute Gasteiger partial charge is 0.339 e. The smallest absolute Gasteiger partial charge is 0.267 e. The van der Waals surface area contributed by atoms with Crippen LogP contribution in [0.1, 0.15) is 34.5 Å². The predicted octanol–water partition coefficient (Wildman–Crippen LogP) is 2.06. The maximum atomic E-state index is 12.3. The topological polar surface area (TPSA) is 146 Å². The molecule has 0 heterocycles. The monoisotopic (exact) mass is 515 g/mol. The Labute approximate surface area is 222 Å². The zero-order valence-electron chi connectivity index (χ0n) is 20.2. The summed E-state index contributed by atoms with van der Waals surface area (Å²) in [4.78, 5) is 35.9. The van der Waals surface area contributed by atoms with Crippen LogP contribution >= 0.6 is 0 Å². The number of hydrogen-bond donors (Lipinski definition) is 6. The van der Waals surface area contributed by atoms with E-state index in [1.165, 1.54) is 11.0 Å². The first-order chi connectivity index (χ1) is 18.0. The number of rotatable bonds is 10. The van der Waals surface area contributed by atoms with E-state index >= 15 is 0 Å². The van der Waals surface area contributed by atoms with E-state index in [-0.39, 0.29) is 26.4 Å². The van der Waals surface area contributed by atoms with E-state index < -0.39 is 17.9 Å². The molecular formula is C29H33N5O4. The van der Waals surface area contributed by atoms with E-state index in [9.17, 15) is 14.4 Å². The molecule has 0 spiro atoms. The van der Waals surface area contributed by atoms with Crippen molar-refractivity contribution in [3.05, 3.63) is 101 Å². The van der Waals surface area contributed by atoms with E-state index in [1.54, 1.807) is 36.4 Å². The molecule has 38 heavy (non-hydrogen) atoms. The third-order valence-electron chi connectivity index (χ3n) is 5.35. The van der Waals surface area contributed by atoms with Gasteiger partial charge in [-0.05, 0) is 67.1 Å². The molecule has 198 valence electrons. The van der Waals surface area contributed by atoms with Crippen LogP contribution in [0.3, 0.4) is 0 Å². The van der Waals surface area contributed by atoms with Crippen molar-refractivity contribution in [3.63, 3.8) is 0 Å². The van der Waals surface area contributed by atoms with Crippen LogP contribution in [0.5, 0.6) is 0 Å². The maximum Gasteiger partial charge on any atom is 0.267 e. The number of benzene rings is 3. The molecular weight excluding hydrogens is 482 g/mol. The molecule has 0 saturated heterocycles. The first-order valence-electron chi connectivity index (χ1n) is 11.7. The van der Waals surface area contributed by atoms with Crippen LogP contribution in [0, 0.1) is 11.8 Å². The van der Waals surface area contributed by atoms with E-state index in [2.05, 4.69) is 39.9 Å². The molecule has 1 atom stereocenters. The van der Waals surface area contributed by atoms with E-state index in [4.69, 9.17) is 10.9 Å². The van der Waals surface area contributed by atoms with Gasteiger partial charge < -0.3 is 21.7 Å². The van der Waals surface area contributed by atoms with Crippen molar-refractivity contribution in [2.75, 3.05) is 25.0 Å². The molecule has 0 bridgehead atoms. The van der Waals surface area contributed by atoms with Crippen LogP contribution in [0.2, 0.25) is 0 Å². The molecule has 0 fully saturated rings. The van der Waals surface area contributed by atoms with Crippen molar-refractivity contribution in [3.8, 4) is 11.8 Å². The molecule has 0 saturated carbocycles. The van der Waals surface area contributed by atoms with Gasteiger partial charge in [-0.1, -0.05) is 49.6 Å². The summed E-state index contributed by atoms with van der Waals surface area (Å²) < 4.78 is 0. The highest BCUT2D eigenvalue weighted by molar-refractivity contribution is 5.97. The van der Waals surface area contributed by atoms with Crippen molar-refractivity contribution in [2.24, 2.45) is 5.73 Å². The summed E-state index contributed by atoms with van der Waals surface area (Å²) in [5.74, 6) is 4.65. The number of hydroxylamine groups is 1. The van der Waals surface area contributed by atoms with Gasteiger partial charge in [-0.15, -0.1) is 0 Å². The highest BCUT2D eigenvalue weighted by Crippen LogP contribution is 2.09. The van der Waals surface area contributed by atoms with Gasteiger partial charge in [0, 0.05) is 28.9 Å². The van der Waals surface area contributed by atoms with E-state index in [0.717, 1.165) is 12.0 Å². The lowest BCUT2D eigenvalue weighted by molar-refractivity contribution is -0.130. The first-order valence-corrected chi connectivity index (χ1v) is 11.7. The van der Waals surface area contributed by atoms with Crippen molar-refractivity contribution >= 4 is 23.4 Å². The van der Waals surface area contributed by atoms with Gasteiger partial charge in [-0.25, -0.2) is 5.48 Å². The molecule has 7 N–H and O–H groups in total. The molecule has 0 aliphatic heterocycles. The van der Waals surface area contributed by atoms with Crippen LogP contribution in [0.4, 0.5) is 5.69 Å². The van der Waals surface area contributed by atoms with Crippen molar-refractivity contribution < 1.29 is 19.6 Å². The van der Waals surface area contributed by atoms with Crippen molar-refractivity contribution in [1.29, 1.82) is 0 Å². The van der Waals surface area contributed by atoms with Gasteiger partial charge in [0.2, 0.25) is 5.91 Å². The van der Waals surface area contributed by atoms with Crippen molar-refractivity contribution in [2.45, 2.75) is 19.9 Å². The minimum atomic E-state index is -1.04. The van der Waals surface area contributed by atoms with Gasteiger partial charge in [0.25, 0.3) is 11.8 Å². The summed E-state index contributed by atoms with van der Waals surface area (Å²) in [5.41, 5.74) is 10.6. The molecule has 3 aromatic rings. The number of hydrogen-bond acceptors (Lipinski definition) is 6. The van der Waals surface area contributed by atoms with Gasteiger partial charge >= 0.3 is 0 Å². The predicted molar refractivity (Wildman–Crippen MR) is 147 cm³/mol. The lowest BCUT2D eigenvalue weighted by Crippen LogP contribution is -2.50. The molecule has 3 amide bonds. The second-order valence-electron chi connectivity index (χ2n) is 8.10. The van der Waals surface area contributed by atoms with Crippen molar-refractivity contribution in [1.82, 2.24) is 16.1 Å². The number of anilines is 1. The molecule has 9 nitrogen and oxygen atoms in total. The number of carbonyl (C=O) groups is 3. The Morgan fingerprint density at radius 3 is 2.05 bits per heavy atom. The normalized spacial score (nSPS) is 10.7. The lowest BCUT2D eigenvalue weighted by atomic mass is 10.1. The zero-order valence-corrected chi connectivity index (χ0v) is 20.2. The fourth-order valence-corrected chi connectivity index (χ4v) is 3.32. The molecule has 0 aliphatic rings. The van der Waals surface area contributed by atoms with E-state index in [0.29, 0.717) is 23.4 Å². The molecule has 3 rings (SSSR count). The Balaban J connectivity index is 0.00000507. The third-order valence-corrected chi connectivity index (χ3v) is 5.35. The standard InChI is InChI=1S/C28H29N5O4.CH4/c29-18-25(28(36)33-37)32-27(35)23-12-8-21(9-13-23)6-7-22-10-14-24(15-11-22)31-26(34)19-30-17-16-20-4-2-1-3-5-20;/h1-5,8-15,25,30,37H,16-19,29H2,(H,31,34)(H,32,35)(H,33,36);1H4/t25-;/m0./s1. The van der Waals surface area contributed by atoms with Gasteiger partial charge in [0.05, 0.1) is 6.54 Å². The average molecular weight is 516 g/mol. The molecule has 3 aromatic carbocycles. The summed E-state index contributed by atoms with van der Waals surface area (Å²) >= 11 is 0. The summed E-state index contributed by atoms with van der Waals surface area (Å²) in [5, 5.41) is 17.1. The van der Waals surface area contributed by atoms with Gasteiger partial charge in [0.15, 0.2) is 0 Å². The fourth-order valence-electron chi connectivity index (χ4n) is 3.32.